The minimum absolute atomic E-state index is 0.00504. The second-order valence-electron chi connectivity index (χ2n) is 4.54. The van der Waals surface area contributed by atoms with Gasteiger partial charge in [-0.1, -0.05) is 28.1 Å². The summed E-state index contributed by atoms with van der Waals surface area (Å²) in [6.45, 7) is 2.92. The number of nitrogens with one attached hydrogen (secondary N) is 2. The number of hydrogen-bond donors (Lipinski definition) is 2. The third-order valence-corrected chi connectivity index (χ3v) is 3.32. The first-order valence-corrected chi connectivity index (χ1v) is 7.52. The second-order valence-corrected chi connectivity index (χ2v) is 5.45. The Morgan fingerprint density at radius 1 is 1.19 bits per heavy atom. The van der Waals surface area contributed by atoms with Crippen molar-refractivity contribution in [3.05, 3.63) is 41.0 Å². The number of amides is 1. The monoisotopic (exact) mass is 348 g/mol. The van der Waals surface area contributed by atoms with Gasteiger partial charge in [0.1, 0.15) is 5.82 Å². The molecule has 21 heavy (non-hydrogen) atoms. The molecular weight excluding hydrogens is 332 g/mol. The molecule has 1 aromatic heterocycles. The molecule has 0 aliphatic rings. The number of benzene rings is 1. The lowest BCUT2D eigenvalue weighted by molar-refractivity contribution is -0.118. The molecule has 2 rings (SSSR count). The van der Waals surface area contributed by atoms with E-state index in [0.717, 1.165) is 28.8 Å². The fraction of sp³-hybridized carbons (Fsp3) is 0.267. The average Bonchev–Trinajstić information content (AvgIpc) is 2.48. The van der Waals surface area contributed by atoms with Crippen molar-refractivity contribution < 1.29 is 4.79 Å². The first kappa shape index (κ1) is 15.4. The Morgan fingerprint density at radius 3 is 2.67 bits per heavy atom. The number of carbonyl (C=O) groups excluding carboxylic acids is 1. The highest BCUT2D eigenvalue weighted by Gasteiger charge is 2.02. The number of aromatic nitrogens is 2. The van der Waals surface area contributed by atoms with Crippen LogP contribution in [0.2, 0.25) is 0 Å². The summed E-state index contributed by atoms with van der Waals surface area (Å²) in [5, 5.41) is 5.99. The smallest absolute Gasteiger partial charge is 0.216 e. The van der Waals surface area contributed by atoms with E-state index in [4.69, 9.17) is 0 Å². The Hall–Kier alpha value is -1.95. The normalized spacial score (nSPS) is 10.2. The van der Waals surface area contributed by atoms with E-state index < -0.39 is 0 Å². The molecule has 1 amide bonds. The van der Waals surface area contributed by atoms with Crippen LogP contribution in [0.15, 0.2) is 41.0 Å². The summed E-state index contributed by atoms with van der Waals surface area (Å²) in [5.74, 6) is 1.47. The second kappa shape index (κ2) is 7.73. The van der Waals surface area contributed by atoms with Crippen molar-refractivity contribution in [2.24, 2.45) is 0 Å². The number of rotatable bonds is 6. The van der Waals surface area contributed by atoms with Crippen LogP contribution < -0.4 is 10.6 Å². The zero-order valence-corrected chi connectivity index (χ0v) is 13.4. The summed E-state index contributed by atoms with van der Waals surface area (Å²) < 4.78 is 1.03. The van der Waals surface area contributed by atoms with Gasteiger partial charge in [0.2, 0.25) is 5.91 Å². The molecule has 0 bridgehead atoms. The predicted molar refractivity (Wildman–Crippen MR) is 87.0 cm³/mol. The molecule has 6 heteroatoms. The molecule has 0 aliphatic heterocycles. The number of hydrogen-bond acceptors (Lipinski definition) is 4. The molecule has 0 radical (unpaired) electrons. The van der Waals surface area contributed by atoms with Crippen LogP contribution in [0, 0.1) is 0 Å². The Balaban J connectivity index is 1.92. The molecule has 1 heterocycles. The van der Waals surface area contributed by atoms with Crippen LogP contribution in [0.3, 0.4) is 0 Å². The molecule has 0 unspecified atom stereocenters. The maximum absolute atomic E-state index is 10.7. The number of halogens is 1. The minimum Gasteiger partial charge on any atom is -0.370 e. The predicted octanol–water partition coefficient (Wildman–Crippen LogP) is 2.84. The quantitative estimate of drug-likeness (QED) is 0.787. The van der Waals surface area contributed by atoms with E-state index in [-0.39, 0.29) is 5.91 Å². The maximum Gasteiger partial charge on any atom is 0.216 e. The van der Waals surface area contributed by atoms with Gasteiger partial charge < -0.3 is 10.6 Å². The molecular formula is C15H17BrN4O. The average molecular weight is 349 g/mol. The highest BCUT2D eigenvalue weighted by Crippen LogP contribution is 2.19. The maximum atomic E-state index is 10.7. The molecule has 0 aliphatic carbocycles. The van der Waals surface area contributed by atoms with Crippen molar-refractivity contribution in [3.63, 3.8) is 0 Å². The van der Waals surface area contributed by atoms with Gasteiger partial charge in [-0.15, -0.1) is 0 Å². The zero-order chi connectivity index (χ0) is 15.1. The minimum atomic E-state index is -0.00504. The van der Waals surface area contributed by atoms with Crippen molar-refractivity contribution in [1.82, 2.24) is 15.3 Å². The number of nitrogens with zero attached hydrogens (tertiary/aromatic N) is 2. The lowest BCUT2D eigenvalue weighted by atomic mass is 10.2. The lowest BCUT2D eigenvalue weighted by Gasteiger charge is -2.07. The highest BCUT2D eigenvalue weighted by atomic mass is 79.9. The summed E-state index contributed by atoms with van der Waals surface area (Å²) in [6, 6.07) is 9.71. The van der Waals surface area contributed by atoms with Crippen LogP contribution in [0.1, 0.15) is 13.3 Å². The summed E-state index contributed by atoms with van der Waals surface area (Å²) in [6.07, 6.45) is 2.58. The molecule has 0 atom stereocenters. The van der Waals surface area contributed by atoms with Gasteiger partial charge in [0.15, 0.2) is 5.82 Å². The first-order valence-electron chi connectivity index (χ1n) is 6.72. The van der Waals surface area contributed by atoms with E-state index >= 15 is 0 Å². The molecule has 2 aromatic rings. The molecule has 0 spiro atoms. The van der Waals surface area contributed by atoms with Crippen LogP contribution in [-0.2, 0) is 4.79 Å². The fourth-order valence-electron chi connectivity index (χ4n) is 1.76. The van der Waals surface area contributed by atoms with Crippen molar-refractivity contribution in [2.75, 3.05) is 18.4 Å². The SMILES string of the molecule is CC(=O)NCCCNc1ccnc(-c2ccc(Br)cc2)n1. The zero-order valence-electron chi connectivity index (χ0n) is 11.8. The highest BCUT2D eigenvalue weighted by molar-refractivity contribution is 9.10. The van der Waals surface area contributed by atoms with E-state index in [2.05, 4.69) is 36.5 Å². The van der Waals surface area contributed by atoms with Crippen molar-refractivity contribution in [1.29, 1.82) is 0 Å². The van der Waals surface area contributed by atoms with Crippen molar-refractivity contribution >= 4 is 27.7 Å². The summed E-state index contributed by atoms with van der Waals surface area (Å²) in [4.78, 5) is 19.5. The molecule has 0 fully saturated rings. The van der Waals surface area contributed by atoms with Gasteiger partial charge in [-0.25, -0.2) is 9.97 Å². The van der Waals surface area contributed by atoms with Gasteiger partial charge in [-0.05, 0) is 24.6 Å². The van der Waals surface area contributed by atoms with Crippen LogP contribution >= 0.6 is 15.9 Å². The number of carbonyl (C=O) groups is 1. The van der Waals surface area contributed by atoms with E-state index in [1.54, 1.807) is 6.20 Å². The molecule has 1 aromatic carbocycles. The summed E-state index contributed by atoms with van der Waals surface area (Å²) in [7, 11) is 0. The molecule has 2 N–H and O–H groups in total. The van der Waals surface area contributed by atoms with Crippen molar-refractivity contribution in [3.8, 4) is 11.4 Å². The lowest BCUT2D eigenvalue weighted by Crippen LogP contribution is -2.22. The Morgan fingerprint density at radius 2 is 1.95 bits per heavy atom. The van der Waals surface area contributed by atoms with Gasteiger partial charge in [0.25, 0.3) is 0 Å². The summed E-state index contributed by atoms with van der Waals surface area (Å²) in [5.41, 5.74) is 0.972. The summed E-state index contributed by atoms with van der Waals surface area (Å²) >= 11 is 3.41. The molecule has 0 saturated heterocycles. The molecule has 5 nitrogen and oxygen atoms in total. The van der Waals surface area contributed by atoms with E-state index in [0.29, 0.717) is 12.4 Å². The van der Waals surface area contributed by atoms with Crippen LogP contribution in [0.25, 0.3) is 11.4 Å². The van der Waals surface area contributed by atoms with E-state index in [1.807, 2.05) is 30.3 Å². The topological polar surface area (TPSA) is 66.9 Å². The number of anilines is 1. The molecule has 0 saturated carbocycles. The largest absolute Gasteiger partial charge is 0.370 e. The van der Waals surface area contributed by atoms with Crippen molar-refractivity contribution in [2.45, 2.75) is 13.3 Å². The van der Waals surface area contributed by atoms with Crippen LogP contribution in [0.5, 0.6) is 0 Å². The van der Waals surface area contributed by atoms with Gasteiger partial charge in [0, 0.05) is 36.2 Å². The van der Waals surface area contributed by atoms with E-state index in [1.165, 1.54) is 6.92 Å². The van der Waals surface area contributed by atoms with Gasteiger partial charge in [-0.2, -0.15) is 0 Å². The fourth-order valence-corrected chi connectivity index (χ4v) is 2.03. The van der Waals surface area contributed by atoms with Crippen LogP contribution in [0.4, 0.5) is 5.82 Å². The molecule has 110 valence electrons. The van der Waals surface area contributed by atoms with Gasteiger partial charge >= 0.3 is 0 Å². The van der Waals surface area contributed by atoms with Gasteiger partial charge in [-0.3, -0.25) is 4.79 Å². The van der Waals surface area contributed by atoms with Crippen LogP contribution in [-0.4, -0.2) is 29.0 Å². The Kier molecular flexibility index (Phi) is 5.68. The standard InChI is InChI=1S/C15H17BrN4O/c1-11(21)17-8-2-9-18-14-7-10-19-15(20-14)12-3-5-13(16)6-4-12/h3-7,10H,2,8-9H2,1H3,(H,17,21)(H,18,19,20). The first-order chi connectivity index (χ1) is 10.1. The Labute approximate surface area is 132 Å². The van der Waals surface area contributed by atoms with Gasteiger partial charge in [0.05, 0.1) is 0 Å². The Bertz CT molecular complexity index is 601. The third kappa shape index (κ3) is 5.15. The third-order valence-electron chi connectivity index (χ3n) is 2.79. The van der Waals surface area contributed by atoms with E-state index in [9.17, 15) is 4.79 Å².